The molecule has 2 N–H and O–H groups in total. The first-order chi connectivity index (χ1) is 8.74. The number of carbonyl (C=O) groups excluding carboxylic acids is 1. The molecule has 2 heterocycles. The maximum atomic E-state index is 12.2. The summed E-state index contributed by atoms with van der Waals surface area (Å²) in [4.78, 5) is 16.4. The highest BCUT2D eigenvalue weighted by molar-refractivity contribution is 9.10. The van der Waals surface area contributed by atoms with E-state index in [1.165, 1.54) is 19.3 Å². The topological polar surface area (TPSA) is 54.0 Å². The number of pyridine rings is 1. The Morgan fingerprint density at radius 2 is 2.33 bits per heavy atom. The van der Waals surface area contributed by atoms with E-state index in [-0.39, 0.29) is 11.9 Å². The number of carbonyl (C=O) groups is 1. The third kappa shape index (κ3) is 2.29. The first-order valence-electron chi connectivity index (χ1n) is 6.40. The quantitative estimate of drug-likeness (QED) is 0.880. The number of amides is 1. The number of aromatic nitrogens is 1. The first-order valence-corrected chi connectivity index (χ1v) is 7.19. The van der Waals surface area contributed by atoms with E-state index >= 15 is 0 Å². The van der Waals surface area contributed by atoms with Crippen molar-refractivity contribution in [2.24, 2.45) is 11.8 Å². The molecule has 3 rings (SSSR count). The SMILES string of the molecule is O=C(Nc1ccc(Br)cn1)C1NCC2CCCC21. The highest BCUT2D eigenvalue weighted by atomic mass is 79.9. The number of fused-ring (bicyclic) bond motifs is 1. The molecule has 1 amide bonds. The van der Waals surface area contributed by atoms with Gasteiger partial charge in [-0.3, -0.25) is 4.79 Å². The van der Waals surface area contributed by atoms with Gasteiger partial charge in [0.2, 0.25) is 5.91 Å². The van der Waals surface area contributed by atoms with Gasteiger partial charge in [-0.05, 0) is 59.3 Å². The van der Waals surface area contributed by atoms with E-state index in [1.54, 1.807) is 6.20 Å². The Kier molecular flexibility index (Phi) is 3.35. The lowest BCUT2D eigenvalue weighted by Gasteiger charge is -2.17. The van der Waals surface area contributed by atoms with Crippen LogP contribution in [0.1, 0.15) is 19.3 Å². The molecule has 0 spiro atoms. The molecular formula is C13H16BrN3O. The van der Waals surface area contributed by atoms with Gasteiger partial charge in [-0.15, -0.1) is 0 Å². The third-order valence-electron chi connectivity index (χ3n) is 4.01. The molecule has 0 radical (unpaired) electrons. The van der Waals surface area contributed by atoms with Gasteiger partial charge in [0.25, 0.3) is 0 Å². The van der Waals surface area contributed by atoms with Crippen molar-refractivity contribution in [1.82, 2.24) is 10.3 Å². The second-order valence-electron chi connectivity index (χ2n) is 5.09. The summed E-state index contributed by atoms with van der Waals surface area (Å²) in [5.74, 6) is 1.88. The van der Waals surface area contributed by atoms with Crippen molar-refractivity contribution in [1.29, 1.82) is 0 Å². The Morgan fingerprint density at radius 3 is 3.11 bits per heavy atom. The second kappa shape index (κ2) is 4.97. The number of halogens is 1. The molecule has 2 fully saturated rings. The fourth-order valence-electron chi connectivity index (χ4n) is 3.13. The van der Waals surface area contributed by atoms with Crippen molar-refractivity contribution in [2.75, 3.05) is 11.9 Å². The van der Waals surface area contributed by atoms with Crippen molar-refractivity contribution in [3.63, 3.8) is 0 Å². The summed E-state index contributed by atoms with van der Waals surface area (Å²) in [6, 6.07) is 3.65. The Balaban J connectivity index is 1.66. The van der Waals surface area contributed by atoms with E-state index < -0.39 is 0 Å². The number of hydrogen-bond acceptors (Lipinski definition) is 3. The molecule has 0 aromatic carbocycles. The zero-order chi connectivity index (χ0) is 12.5. The summed E-state index contributed by atoms with van der Waals surface area (Å²) in [6.45, 7) is 0.983. The first kappa shape index (κ1) is 12.1. The van der Waals surface area contributed by atoms with E-state index in [0.29, 0.717) is 17.7 Å². The van der Waals surface area contributed by atoms with Crippen LogP contribution in [0.4, 0.5) is 5.82 Å². The molecule has 1 aromatic rings. The predicted octanol–water partition coefficient (Wildman–Crippen LogP) is 2.17. The molecular weight excluding hydrogens is 294 g/mol. The second-order valence-corrected chi connectivity index (χ2v) is 6.01. The summed E-state index contributed by atoms with van der Waals surface area (Å²) in [7, 11) is 0. The molecule has 1 aliphatic carbocycles. The summed E-state index contributed by atoms with van der Waals surface area (Å²) in [5, 5.41) is 6.23. The minimum atomic E-state index is -0.0389. The van der Waals surface area contributed by atoms with Crippen molar-refractivity contribution in [2.45, 2.75) is 25.3 Å². The molecule has 3 atom stereocenters. The smallest absolute Gasteiger partial charge is 0.242 e. The van der Waals surface area contributed by atoms with Gasteiger partial charge in [0.15, 0.2) is 0 Å². The maximum absolute atomic E-state index is 12.2. The number of rotatable bonds is 2. The Labute approximate surface area is 115 Å². The van der Waals surface area contributed by atoms with Gasteiger partial charge >= 0.3 is 0 Å². The monoisotopic (exact) mass is 309 g/mol. The minimum absolute atomic E-state index is 0.0389. The highest BCUT2D eigenvalue weighted by Crippen LogP contribution is 2.37. The largest absolute Gasteiger partial charge is 0.309 e. The van der Waals surface area contributed by atoms with E-state index in [4.69, 9.17) is 0 Å². The Bertz CT molecular complexity index is 448. The van der Waals surface area contributed by atoms with Gasteiger partial charge in [0.1, 0.15) is 5.82 Å². The predicted molar refractivity (Wildman–Crippen MR) is 73.2 cm³/mol. The van der Waals surface area contributed by atoms with Crippen LogP contribution in [-0.4, -0.2) is 23.5 Å². The lowest BCUT2D eigenvalue weighted by Crippen LogP contribution is -2.39. The van der Waals surface area contributed by atoms with Crippen molar-refractivity contribution in [3.8, 4) is 0 Å². The standard InChI is InChI=1S/C13H16BrN3O/c14-9-4-5-11(15-7-9)17-13(18)12-10-3-1-2-8(10)6-16-12/h4-5,7-8,10,12,16H,1-3,6H2,(H,15,17,18). The summed E-state index contributed by atoms with van der Waals surface area (Å²) < 4.78 is 0.912. The van der Waals surface area contributed by atoms with Crippen LogP contribution in [0.25, 0.3) is 0 Å². The van der Waals surface area contributed by atoms with E-state index in [0.717, 1.165) is 11.0 Å². The Morgan fingerprint density at radius 1 is 1.44 bits per heavy atom. The van der Waals surface area contributed by atoms with E-state index in [1.807, 2.05) is 12.1 Å². The van der Waals surface area contributed by atoms with Crippen molar-refractivity contribution in [3.05, 3.63) is 22.8 Å². The maximum Gasteiger partial charge on any atom is 0.242 e. The van der Waals surface area contributed by atoms with Crippen LogP contribution >= 0.6 is 15.9 Å². The molecule has 1 aliphatic heterocycles. The average Bonchev–Trinajstić information content (AvgIpc) is 2.93. The third-order valence-corrected chi connectivity index (χ3v) is 4.48. The summed E-state index contributed by atoms with van der Waals surface area (Å²) in [5.41, 5.74) is 0. The van der Waals surface area contributed by atoms with Gasteiger partial charge in [-0.25, -0.2) is 4.98 Å². The molecule has 3 unspecified atom stereocenters. The van der Waals surface area contributed by atoms with Crippen LogP contribution < -0.4 is 10.6 Å². The molecule has 2 aliphatic rings. The van der Waals surface area contributed by atoms with Gasteiger partial charge in [-0.1, -0.05) is 6.42 Å². The van der Waals surface area contributed by atoms with Crippen molar-refractivity contribution < 1.29 is 4.79 Å². The molecule has 18 heavy (non-hydrogen) atoms. The molecule has 1 saturated carbocycles. The normalized spacial score (nSPS) is 30.2. The van der Waals surface area contributed by atoms with Crippen LogP contribution in [0.3, 0.4) is 0 Å². The lowest BCUT2D eigenvalue weighted by atomic mass is 9.94. The van der Waals surface area contributed by atoms with Crippen LogP contribution in [0.2, 0.25) is 0 Å². The number of anilines is 1. The molecule has 0 bridgehead atoms. The van der Waals surface area contributed by atoms with Gasteiger partial charge < -0.3 is 10.6 Å². The number of nitrogens with zero attached hydrogens (tertiary/aromatic N) is 1. The zero-order valence-electron chi connectivity index (χ0n) is 10.0. The highest BCUT2D eigenvalue weighted by Gasteiger charge is 2.42. The molecule has 4 nitrogen and oxygen atoms in total. The fraction of sp³-hybridized carbons (Fsp3) is 0.538. The number of nitrogens with one attached hydrogen (secondary N) is 2. The zero-order valence-corrected chi connectivity index (χ0v) is 11.6. The average molecular weight is 310 g/mol. The van der Waals surface area contributed by atoms with Gasteiger partial charge in [0.05, 0.1) is 6.04 Å². The van der Waals surface area contributed by atoms with Crippen LogP contribution in [0.5, 0.6) is 0 Å². The van der Waals surface area contributed by atoms with Gasteiger partial charge in [0, 0.05) is 10.7 Å². The molecule has 1 saturated heterocycles. The van der Waals surface area contributed by atoms with Crippen LogP contribution in [0.15, 0.2) is 22.8 Å². The molecule has 1 aromatic heterocycles. The minimum Gasteiger partial charge on any atom is -0.309 e. The number of hydrogen-bond donors (Lipinski definition) is 2. The summed E-state index contributed by atoms with van der Waals surface area (Å²) >= 11 is 3.33. The molecule has 96 valence electrons. The van der Waals surface area contributed by atoms with E-state index in [9.17, 15) is 4.79 Å². The summed E-state index contributed by atoms with van der Waals surface area (Å²) in [6.07, 6.45) is 5.38. The van der Waals surface area contributed by atoms with Gasteiger partial charge in [-0.2, -0.15) is 0 Å². The van der Waals surface area contributed by atoms with Crippen LogP contribution in [-0.2, 0) is 4.79 Å². The lowest BCUT2D eigenvalue weighted by molar-refractivity contribution is -0.118. The van der Waals surface area contributed by atoms with Crippen molar-refractivity contribution >= 4 is 27.7 Å². The molecule has 5 heteroatoms. The van der Waals surface area contributed by atoms with Crippen LogP contribution in [0, 0.1) is 11.8 Å². The Hall–Kier alpha value is -0.940. The fourth-order valence-corrected chi connectivity index (χ4v) is 3.36. The van der Waals surface area contributed by atoms with E-state index in [2.05, 4.69) is 31.5 Å².